The molecular weight excluding hydrogens is 470 g/mol. The van der Waals surface area contributed by atoms with E-state index >= 15 is 0 Å². The number of benzene rings is 2. The van der Waals surface area contributed by atoms with E-state index in [9.17, 15) is 13.2 Å². The number of nitrogens with one attached hydrogen (secondary N) is 2. The normalized spacial score (nSPS) is 11.3. The van der Waals surface area contributed by atoms with Gasteiger partial charge in [-0.15, -0.1) is 0 Å². The molecule has 0 unspecified atom stereocenters. The third kappa shape index (κ3) is 5.55. The number of aromatic nitrogens is 1. The van der Waals surface area contributed by atoms with Crippen molar-refractivity contribution in [2.24, 2.45) is 0 Å². The zero-order valence-electron chi connectivity index (χ0n) is 19.5. The summed E-state index contributed by atoms with van der Waals surface area (Å²) in [7, 11) is -1.88. The summed E-state index contributed by atoms with van der Waals surface area (Å²) in [6.07, 6.45) is 0. The number of sulfonamides is 1. The molecule has 0 fully saturated rings. The number of para-hydroxylation sites is 1. The highest BCUT2D eigenvalue weighted by atomic mass is 32.2. The number of amides is 1. The van der Waals surface area contributed by atoms with Gasteiger partial charge in [0, 0.05) is 5.56 Å². The van der Waals surface area contributed by atoms with Crippen LogP contribution in [0.4, 0.5) is 5.69 Å². The lowest BCUT2D eigenvalue weighted by Gasteiger charge is -2.09. The summed E-state index contributed by atoms with van der Waals surface area (Å²) in [6, 6.07) is 17.5. The van der Waals surface area contributed by atoms with Gasteiger partial charge in [0.25, 0.3) is 5.91 Å². The summed E-state index contributed by atoms with van der Waals surface area (Å²) < 4.78 is 43.3. The van der Waals surface area contributed by atoms with Crippen LogP contribution in [0.1, 0.15) is 28.9 Å². The molecule has 2 aromatic carbocycles. The molecule has 0 bridgehead atoms. The van der Waals surface area contributed by atoms with Crippen molar-refractivity contribution < 1.29 is 26.8 Å². The number of hydrogen-bond acceptors (Lipinski definition) is 7. The maximum Gasteiger partial charge on any atom is 0.287 e. The molecule has 0 spiro atoms. The quantitative estimate of drug-likeness (QED) is 0.347. The Labute approximate surface area is 203 Å². The van der Waals surface area contributed by atoms with Gasteiger partial charge in [-0.2, -0.15) is 0 Å². The van der Waals surface area contributed by atoms with Crippen LogP contribution in [0.5, 0.6) is 5.75 Å². The van der Waals surface area contributed by atoms with Gasteiger partial charge in [-0.1, -0.05) is 12.1 Å². The molecule has 0 radical (unpaired) electrons. The van der Waals surface area contributed by atoms with Gasteiger partial charge in [-0.25, -0.2) is 13.4 Å². The lowest BCUT2D eigenvalue weighted by atomic mass is 10.2. The third-order valence-electron chi connectivity index (χ3n) is 5.32. The van der Waals surface area contributed by atoms with E-state index in [0.29, 0.717) is 28.5 Å². The fourth-order valence-corrected chi connectivity index (χ4v) is 3.98. The van der Waals surface area contributed by atoms with Crippen LogP contribution in [0.3, 0.4) is 0 Å². The van der Waals surface area contributed by atoms with Crippen molar-refractivity contribution in [3.8, 4) is 28.5 Å². The van der Waals surface area contributed by atoms with Crippen molar-refractivity contribution in [1.82, 2.24) is 10.3 Å². The molecule has 182 valence electrons. The van der Waals surface area contributed by atoms with Crippen LogP contribution >= 0.6 is 0 Å². The molecule has 2 heterocycles. The van der Waals surface area contributed by atoms with Gasteiger partial charge < -0.3 is 18.9 Å². The number of rotatable bonds is 9. The standard InChI is InChI=1S/C25H25N3O6S/c1-4-35(30,31)28-20-8-6-5-7-19(20)25-27-21(16(2)33-25)15-26-24(29)23-14-13-22(34-23)17-9-11-18(32-3)12-10-17/h5-14,28H,4,15H2,1-3H3,(H,26,29). The van der Waals surface area contributed by atoms with Crippen LogP contribution in [0.2, 0.25) is 0 Å². The summed E-state index contributed by atoms with van der Waals surface area (Å²) in [5.74, 6) is 1.75. The molecule has 0 aliphatic rings. The Morgan fingerprint density at radius 3 is 2.49 bits per heavy atom. The molecule has 10 heteroatoms. The molecule has 0 saturated heterocycles. The van der Waals surface area contributed by atoms with Crippen LogP contribution in [0.25, 0.3) is 22.8 Å². The maximum absolute atomic E-state index is 12.6. The molecule has 2 N–H and O–H groups in total. The molecule has 35 heavy (non-hydrogen) atoms. The van der Waals surface area contributed by atoms with Gasteiger partial charge in [0.2, 0.25) is 15.9 Å². The second-order valence-electron chi connectivity index (χ2n) is 7.65. The average molecular weight is 496 g/mol. The number of ether oxygens (including phenoxy) is 1. The highest BCUT2D eigenvalue weighted by molar-refractivity contribution is 7.92. The number of carbonyl (C=O) groups is 1. The number of carbonyl (C=O) groups excluding carboxylic acids is 1. The first kappa shape index (κ1) is 24.1. The Hall–Kier alpha value is -4.05. The van der Waals surface area contributed by atoms with Crippen molar-refractivity contribution in [2.75, 3.05) is 17.6 Å². The van der Waals surface area contributed by atoms with E-state index in [0.717, 1.165) is 11.3 Å². The van der Waals surface area contributed by atoms with Gasteiger partial charge in [0.15, 0.2) is 5.76 Å². The molecule has 0 aliphatic carbocycles. The minimum absolute atomic E-state index is 0.0593. The van der Waals surface area contributed by atoms with Crippen molar-refractivity contribution in [3.63, 3.8) is 0 Å². The zero-order valence-corrected chi connectivity index (χ0v) is 20.3. The van der Waals surface area contributed by atoms with Gasteiger partial charge in [0.1, 0.15) is 23.0 Å². The number of aryl methyl sites for hydroxylation is 1. The van der Waals surface area contributed by atoms with Crippen LogP contribution < -0.4 is 14.8 Å². The topological polar surface area (TPSA) is 124 Å². The predicted molar refractivity (Wildman–Crippen MR) is 132 cm³/mol. The van der Waals surface area contributed by atoms with Crippen LogP contribution in [0, 0.1) is 6.92 Å². The fraction of sp³-hybridized carbons (Fsp3) is 0.200. The number of hydrogen-bond donors (Lipinski definition) is 2. The number of methoxy groups -OCH3 is 1. The summed E-state index contributed by atoms with van der Waals surface area (Å²) in [5, 5.41) is 2.78. The second kappa shape index (κ2) is 10.1. The van der Waals surface area contributed by atoms with E-state index in [4.69, 9.17) is 13.6 Å². The molecule has 4 rings (SSSR count). The van der Waals surface area contributed by atoms with Crippen LogP contribution in [-0.4, -0.2) is 32.2 Å². The third-order valence-corrected chi connectivity index (χ3v) is 6.61. The number of anilines is 1. The Kier molecular flexibility index (Phi) is 6.92. The van der Waals surface area contributed by atoms with E-state index in [1.165, 1.54) is 0 Å². The summed E-state index contributed by atoms with van der Waals surface area (Å²) in [4.78, 5) is 17.1. The lowest BCUT2D eigenvalue weighted by Crippen LogP contribution is -2.22. The first-order valence-corrected chi connectivity index (χ1v) is 12.5. The number of nitrogens with zero attached hydrogens (tertiary/aromatic N) is 1. The molecule has 0 atom stereocenters. The predicted octanol–water partition coefficient (Wildman–Crippen LogP) is 4.61. The van der Waals surface area contributed by atoms with Gasteiger partial charge >= 0.3 is 0 Å². The van der Waals surface area contributed by atoms with Crippen molar-refractivity contribution in [1.29, 1.82) is 0 Å². The molecule has 4 aromatic rings. The second-order valence-corrected chi connectivity index (χ2v) is 9.66. The number of furan rings is 1. The molecule has 2 aromatic heterocycles. The Morgan fingerprint density at radius 2 is 1.77 bits per heavy atom. The van der Waals surface area contributed by atoms with E-state index in [1.807, 2.05) is 24.3 Å². The Balaban J connectivity index is 1.46. The minimum Gasteiger partial charge on any atom is -0.497 e. The van der Waals surface area contributed by atoms with E-state index in [1.54, 1.807) is 57.4 Å². The Morgan fingerprint density at radius 1 is 1.03 bits per heavy atom. The monoisotopic (exact) mass is 495 g/mol. The first-order chi connectivity index (χ1) is 16.8. The highest BCUT2D eigenvalue weighted by Gasteiger charge is 2.19. The summed E-state index contributed by atoms with van der Waals surface area (Å²) in [6.45, 7) is 3.39. The molecular formula is C25H25N3O6S. The van der Waals surface area contributed by atoms with E-state index in [-0.39, 0.29) is 23.9 Å². The fourth-order valence-electron chi connectivity index (χ4n) is 3.33. The molecule has 1 amide bonds. The number of oxazole rings is 1. The SMILES string of the molecule is CCS(=O)(=O)Nc1ccccc1-c1nc(CNC(=O)c2ccc(-c3ccc(OC)cc3)o2)c(C)o1. The maximum atomic E-state index is 12.6. The summed E-state index contributed by atoms with van der Waals surface area (Å²) >= 11 is 0. The van der Waals surface area contributed by atoms with Crippen molar-refractivity contribution in [3.05, 3.63) is 77.9 Å². The minimum atomic E-state index is -3.47. The first-order valence-electron chi connectivity index (χ1n) is 10.9. The average Bonchev–Trinajstić information content (AvgIpc) is 3.50. The zero-order chi connectivity index (χ0) is 25.0. The smallest absolute Gasteiger partial charge is 0.287 e. The van der Waals surface area contributed by atoms with Crippen molar-refractivity contribution >= 4 is 21.6 Å². The largest absolute Gasteiger partial charge is 0.497 e. The Bertz CT molecular complexity index is 1440. The van der Waals surface area contributed by atoms with Gasteiger partial charge in [-0.3, -0.25) is 9.52 Å². The van der Waals surface area contributed by atoms with E-state index < -0.39 is 15.9 Å². The molecule has 0 aliphatic heterocycles. The van der Waals surface area contributed by atoms with E-state index in [2.05, 4.69) is 15.0 Å². The highest BCUT2D eigenvalue weighted by Crippen LogP contribution is 2.30. The van der Waals surface area contributed by atoms with Crippen LogP contribution in [-0.2, 0) is 16.6 Å². The lowest BCUT2D eigenvalue weighted by molar-refractivity contribution is 0.0923. The molecule has 0 saturated carbocycles. The summed E-state index contributed by atoms with van der Waals surface area (Å²) in [5.41, 5.74) is 2.20. The van der Waals surface area contributed by atoms with Gasteiger partial charge in [-0.05, 0) is 62.4 Å². The van der Waals surface area contributed by atoms with Crippen molar-refractivity contribution in [2.45, 2.75) is 20.4 Å². The van der Waals surface area contributed by atoms with Crippen LogP contribution in [0.15, 0.2) is 69.5 Å². The van der Waals surface area contributed by atoms with Gasteiger partial charge in [0.05, 0.1) is 30.7 Å². The molecule has 9 nitrogen and oxygen atoms in total.